The molecular formula is C10H15N. The minimum atomic E-state index is 0.438. The van der Waals surface area contributed by atoms with E-state index in [0.29, 0.717) is 6.04 Å². The van der Waals surface area contributed by atoms with Crippen LogP contribution in [0, 0.1) is 0 Å². The highest BCUT2D eigenvalue weighted by Crippen LogP contribution is 2.02. The lowest BCUT2D eigenvalue weighted by Crippen LogP contribution is -2.17. The number of hydrogen-bond donors (Lipinski definition) is 1. The maximum absolute atomic E-state index is 3.29. The zero-order chi connectivity index (χ0) is 8.10. The number of allylic oxidation sites excluding steroid dienone is 4. The first-order valence-electron chi connectivity index (χ1n) is 4.04. The summed E-state index contributed by atoms with van der Waals surface area (Å²) in [6.07, 6.45) is 11.6. The highest BCUT2D eigenvalue weighted by atomic mass is 14.9. The SMILES string of the molecule is C/C1=C/NC(C)/C=C\C=C/C1. The van der Waals surface area contributed by atoms with E-state index in [9.17, 15) is 0 Å². The Morgan fingerprint density at radius 1 is 1.45 bits per heavy atom. The summed E-state index contributed by atoms with van der Waals surface area (Å²) >= 11 is 0. The van der Waals surface area contributed by atoms with Crippen LogP contribution < -0.4 is 5.32 Å². The minimum Gasteiger partial charge on any atom is -0.385 e. The van der Waals surface area contributed by atoms with Gasteiger partial charge >= 0.3 is 0 Å². The van der Waals surface area contributed by atoms with Crippen molar-refractivity contribution in [3.8, 4) is 0 Å². The highest BCUT2D eigenvalue weighted by molar-refractivity contribution is 5.13. The Morgan fingerprint density at radius 3 is 3.09 bits per heavy atom. The molecule has 0 bridgehead atoms. The summed E-state index contributed by atoms with van der Waals surface area (Å²) in [5.74, 6) is 0. The lowest BCUT2D eigenvalue weighted by atomic mass is 10.2. The second-order valence-corrected chi connectivity index (χ2v) is 2.96. The molecule has 0 fully saturated rings. The Bertz CT molecular complexity index is 199. The van der Waals surface area contributed by atoms with E-state index in [4.69, 9.17) is 0 Å². The molecule has 0 aromatic heterocycles. The van der Waals surface area contributed by atoms with E-state index < -0.39 is 0 Å². The van der Waals surface area contributed by atoms with Gasteiger partial charge in [0.15, 0.2) is 0 Å². The molecule has 0 aromatic carbocycles. The number of hydrogen-bond acceptors (Lipinski definition) is 1. The van der Waals surface area contributed by atoms with Crippen LogP contribution in [0.5, 0.6) is 0 Å². The van der Waals surface area contributed by atoms with Gasteiger partial charge in [0.05, 0.1) is 0 Å². The van der Waals surface area contributed by atoms with E-state index in [-0.39, 0.29) is 0 Å². The molecule has 1 unspecified atom stereocenters. The van der Waals surface area contributed by atoms with Crippen LogP contribution in [0.4, 0.5) is 0 Å². The van der Waals surface area contributed by atoms with Gasteiger partial charge in [-0.05, 0) is 26.5 Å². The van der Waals surface area contributed by atoms with Gasteiger partial charge in [0.1, 0.15) is 0 Å². The summed E-state index contributed by atoms with van der Waals surface area (Å²) in [7, 11) is 0. The third-order valence-corrected chi connectivity index (χ3v) is 1.68. The second-order valence-electron chi connectivity index (χ2n) is 2.96. The van der Waals surface area contributed by atoms with Crippen molar-refractivity contribution in [2.75, 3.05) is 0 Å². The highest BCUT2D eigenvalue weighted by Gasteiger charge is 1.92. The molecule has 1 atom stereocenters. The summed E-state index contributed by atoms with van der Waals surface area (Å²) in [6, 6.07) is 0.438. The predicted octanol–water partition coefficient (Wildman–Crippen LogP) is 2.38. The van der Waals surface area contributed by atoms with Crippen molar-refractivity contribution < 1.29 is 0 Å². The molecule has 1 rings (SSSR count). The summed E-state index contributed by atoms with van der Waals surface area (Å²) < 4.78 is 0. The van der Waals surface area contributed by atoms with Crippen LogP contribution in [0.25, 0.3) is 0 Å². The van der Waals surface area contributed by atoms with E-state index in [0.717, 1.165) is 6.42 Å². The average Bonchev–Trinajstić information content (AvgIpc) is 2.06. The molecule has 0 radical (unpaired) electrons. The van der Waals surface area contributed by atoms with Crippen LogP contribution in [-0.2, 0) is 0 Å². The third-order valence-electron chi connectivity index (χ3n) is 1.68. The molecule has 0 saturated carbocycles. The molecule has 0 aliphatic carbocycles. The maximum atomic E-state index is 3.29. The molecule has 11 heavy (non-hydrogen) atoms. The molecule has 1 N–H and O–H groups in total. The van der Waals surface area contributed by atoms with Gasteiger partial charge in [0.2, 0.25) is 0 Å². The van der Waals surface area contributed by atoms with Gasteiger partial charge in [0.25, 0.3) is 0 Å². The van der Waals surface area contributed by atoms with Crippen molar-refractivity contribution >= 4 is 0 Å². The topological polar surface area (TPSA) is 12.0 Å². The summed E-state index contributed by atoms with van der Waals surface area (Å²) in [4.78, 5) is 0. The fourth-order valence-corrected chi connectivity index (χ4v) is 0.952. The molecule has 0 aromatic rings. The minimum absolute atomic E-state index is 0.438. The molecule has 1 aliphatic heterocycles. The molecule has 1 nitrogen and oxygen atoms in total. The van der Waals surface area contributed by atoms with Crippen molar-refractivity contribution in [3.63, 3.8) is 0 Å². The fourth-order valence-electron chi connectivity index (χ4n) is 0.952. The van der Waals surface area contributed by atoms with E-state index in [1.54, 1.807) is 0 Å². The number of rotatable bonds is 0. The van der Waals surface area contributed by atoms with Gasteiger partial charge < -0.3 is 5.32 Å². The Kier molecular flexibility index (Phi) is 2.96. The van der Waals surface area contributed by atoms with Crippen molar-refractivity contribution in [2.45, 2.75) is 26.3 Å². The van der Waals surface area contributed by atoms with Crippen LogP contribution >= 0.6 is 0 Å². The monoisotopic (exact) mass is 149 g/mol. The molecular weight excluding hydrogens is 134 g/mol. The first kappa shape index (κ1) is 8.12. The summed E-state index contributed by atoms with van der Waals surface area (Å²) in [5, 5.41) is 3.29. The van der Waals surface area contributed by atoms with Gasteiger partial charge in [-0.25, -0.2) is 0 Å². The largest absolute Gasteiger partial charge is 0.385 e. The number of nitrogens with one attached hydrogen (secondary N) is 1. The zero-order valence-corrected chi connectivity index (χ0v) is 7.17. The third kappa shape index (κ3) is 3.08. The summed E-state index contributed by atoms with van der Waals surface area (Å²) in [6.45, 7) is 4.27. The molecule has 0 amide bonds. The second kappa shape index (κ2) is 4.02. The maximum Gasteiger partial charge on any atom is 0.0413 e. The smallest absolute Gasteiger partial charge is 0.0413 e. The van der Waals surface area contributed by atoms with Gasteiger partial charge in [-0.3, -0.25) is 0 Å². The van der Waals surface area contributed by atoms with Gasteiger partial charge in [-0.2, -0.15) is 0 Å². The average molecular weight is 149 g/mol. The Balaban J connectivity index is 2.64. The van der Waals surface area contributed by atoms with Gasteiger partial charge in [-0.1, -0.05) is 29.9 Å². The first-order valence-corrected chi connectivity index (χ1v) is 4.04. The van der Waals surface area contributed by atoms with E-state index in [1.807, 2.05) is 0 Å². The van der Waals surface area contributed by atoms with Crippen LogP contribution in [0.3, 0.4) is 0 Å². The van der Waals surface area contributed by atoms with Gasteiger partial charge in [0, 0.05) is 6.04 Å². The first-order chi connectivity index (χ1) is 5.29. The quantitative estimate of drug-likeness (QED) is 0.557. The van der Waals surface area contributed by atoms with Crippen molar-refractivity contribution in [2.24, 2.45) is 0 Å². The standard InChI is InChI=1S/C10H15N/c1-9-6-4-3-5-7-10(2)11-8-9/h3-5,7-8,10-11H,6H2,1-2H3/b4-3-,7-5-,9-8-. The molecule has 1 aliphatic rings. The zero-order valence-electron chi connectivity index (χ0n) is 7.17. The molecule has 1 heterocycles. The predicted molar refractivity (Wildman–Crippen MR) is 49.3 cm³/mol. The van der Waals surface area contributed by atoms with E-state index in [1.165, 1.54) is 5.57 Å². The Labute approximate surface area is 68.5 Å². The normalized spacial score (nSPS) is 35.1. The summed E-state index contributed by atoms with van der Waals surface area (Å²) in [5.41, 5.74) is 1.37. The molecule has 60 valence electrons. The van der Waals surface area contributed by atoms with E-state index >= 15 is 0 Å². The van der Waals surface area contributed by atoms with Crippen molar-refractivity contribution in [3.05, 3.63) is 36.1 Å². The van der Waals surface area contributed by atoms with Crippen LogP contribution in [0.1, 0.15) is 20.3 Å². The molecule has 1 heteroatoms. The lowest BCUT2D eigenvalue weighted by Gasteiger charge is -2.05. The lowest BCUT2D eigenvalue weighted by molar-refractivity contribution is 0.763. The van der Waals surface area contributed by atoms with Crippen molar-refractivity contribution in [1.29, 1.82) is 0 Å². The van der Waals surface area contributed by atoms with E-state index in [2.05, 4.69) is 49.7 Å². The molecule has 0 saturated heterocycles. The van der Waals surface area contributed by atoms with Crippen LogP contribution in [0.15, 0.2) is 36.1 Å². The Morgan fingerprint density at radius 2 is 2.27 bits per heavy atom. The van der Waals surface area contributed by atoms with Crippen LogP contribution in [0.2, 0.25) is 0 Å². The molecule has 0 spiro atoms. The van der Waals surface area contributed by atoms with Crippen molar-refractivity contribution in [1.82, 2.24) is 5.32 Å². The fraction of sp³-hybridized carbons (Fsp3) is 0.400. The Hall–Kier alpha value is -0.980. The van der Waals surface area contributed by atoms with Crippen LogP contribution in [-0.4, -0.2) is 6.04 Å². The van der Waals surface area contributed by atoms with Gasteiger partial charge in [-0.15, -0.1) is 0 Å².